The van der Waals surface area contributed by atoms with E-state index in [4.69, 9.17) is 4.11 Å². The van der Waals surface area contributed by atoms with Crippen molar-refractivity contribution in [3.8, 4) is 0 Å². The number of aromatic nitrogens is 2. The number of aryl methyl sites for hydroxylation is 1. The van der Waals surface area contributed by atoms with Gasteiger partial charge in [0.25, 0.3) is 0 Å². The molecule has 2 rings (SSSR count). The molecule has 2 aromatic rings. The molecule has 0 spiro atoms. The van der Waals surface area contributed by atoms with Gasteiger partial charge in [-0.3, -0.25) is 4.68 Å². The SMILES string of the molecule is [2H]C([2H])([2H])n1ncc2c(Br)ccc(C(F)(F)F)c21. The summed E-state index contributed by atoms with van der Waals surface area (Å²) in [5.74, 6) is 0. The van der Waals surface area contributed by atoms with E-state index in [1.54, 1.807) is 0 Å². The predicted molar refractivity (Wildman–Crippen MR) is 53.4 cm³/mol. The molecule has 0 aliphatic heterocycles. The summed E-state index contributed by atoms with van der Waals surface area (Å²) in [5, 5.41) is 3.64. The van der Waals surface area contributed by atoms with Crippen LogP contribution < -0.4 is 0 Å². The Morgan fingerprint density at radius 1 is 1.47 bits per heavy atom. The molecule has 6 heteroatoms. The van der Waals surface area contributed by atoms with Gasteiger partial charge in [0.15, 0.2) is 0 Å². The zero-order chi connectivity index (χ0) is 13.7. The molecule has 0 atom stereocenters. The van der Waals surface area contributed by atoms with Crippen molar-refractivity contribution in [3.63, 3.8) is 0 Å². The van der Waals surface area contributed by atoms with E-state index >= 15 is 0 Å². The third kappa shape index (κ3) is 1.62. The molecule has 1 aromatic heterocycles. The topological polar surface area (TPSA) is 17.8 Å². The maximum absolute atomic E-state index is 12.9. The Morgan fingerprint density at radius 2 is 2.20 bits per heavy atom. The van der Waals surface area contributed by atoms with Gasteiger partial charge in [0.1, 0.15) is 0 Å². The van der Waals surface area contributed by atoms with E-state index < -0.39 is 24.2 Å². The van der Waals surface area contributed by atoms with Crippen LogP contribution in [0.1, 0.15) is 9.68 Å². The number of fused-ring (bicyclic) bond motifs is 1. The van der Waals surface area contributed by atoms with Gasteiger partial charge in [-0.2, -0.15) is 18.3 Å². The van der Waals surface area contributed by atoms with Crippen LogP contribution in [0.4, 0.5) is 13.2 Å². The molecule has 0 unspecified atom stereocenters. The minimum absolute atomic E-state index is 0.112. The summed E-state index contributed by atoms with van der Waals surface area (Å²) < 4.78 is 60.9. The van der Waals surface area contributed by atoms with Crippen LogP contribution in [-0.4, -0.2) is 9.78 Å². The largest absolute Gasteiger partial charge is 0.418 e. The average molecular weight is 282 g/mol. The Morgan fingerprint density at radius 3 is 2.80 bits per heavy atom. The van der Waals surface area contributed by atoms with Gasteiger partial charge in [-0.15, -0.1) is 0 Å². The summed E-state index contributed by atoms with van der Waals surface area (Å²) in [6, 6.07) is 2.05. The summed E-state index contributed by atoms with van der Waals surface area (Å²) in [6.07, 6.45) is -3.54. The first-order valence-corrected chi connectivity index (χ1v) is 4.65. The normalized spacial score (nSPS) is 16.1. The van der Waals surface area contributed by atoms with Gasteiger partial charge in [-0.05, 0) is 12.1 Å². The second-order valence-electron chi connectivity index (χ2n) is 2.91. The fourth-order valence-electron chi connectivity index (χ4n) is 1.34. The monoisotopic (exact) mass is 281 g/mol. The number of hydrogen-bond acceptors (Lipinski definition) is 1. The van der Waals surface area contributed by atoms with Crippen molar-refractivity contribution in [1.82, 2.24) is 9.78 Å². The Bertz CT molecular complexity index is 603. The maximum atomic E-state index is 12.9. The Hall–Kier alpha value is -1.04. The van der Waals surface area contributed by atoms with Crippen LogP contribution in [0.2, 0.25) is 0 Å². The third-order valence-electron chi connectivity index (χ3n) is 1.98. The van der Waals surface area contributed by atoms with E-state index in [-0.39, 0.29) is 5.39 Å². The summed E-state index contributed by atoms with van der Waals surface area (Å²) >= 11 is 3.07. The molecule has 0 amide bonds. The van der Waals surface area contributed by atoms with E-state index in [1.165, 1.54) is 6.07 Å². The van der Waals surface area contributed by atoms with Gasteiger partial charge < -0.3 is 0 Å². The van der Waals surface area contributed by atoms with Crippen LogP contribution in [0.15, 0.2) is 22.8 Å². The lowest BCUT2D eigenvalue weighted by Gasteiger charge is -2.09. The van der Waals surface area contributed by atoms with E-state index in [9.17, 15) is 13.2 Å². The first kappa shape index (κ1) is 7.27. The lowest BCUT2D eigenvalue weighted by atomic mass is 10.1. The molecule has 0 aliphatic rings. The Balaban J connectivity index is 2.89. The van der Waals surface area contributed by atoms with Gasteiger partial charge >= 0.3 is 6.18 Å². The standard InChI is InChI=1S/C9H6BrF3N2/c1-15-8-5(4-14-15)7(10)3-2-6(8)9(11,12)13/h2-4H,1H3/i1D3. The molecule has 0 saturated heterocycles. The van der Waals surface area contributed by atoms with E-state index in [2.05, 4.69) is 21.0 Å². The molecule has 0 saturated carbocycles. The molecule has 1 aromatic carbocycles. The van der Waals surface area contributed by atoms with Crippen LogP contribution in [0, 0.1) is 0 Å². The molecule has 0 bridgehead atoms. The summed E-state index contributed by atoms with van der Waals surface area (Å²) in [5.41, 5.74) is -1.47. The van der Waals surface area contributed by atoms with Crippen LogP contribution >= 0.6 is 15.9 Å². The van der Waals surface area contributed by atoms with E-state index in [1.807, 2.05) is 0 Å². The van der Waals surface area contributed by atoms with Crippen molar-refractivity contribution in [2.45, 2.75) is 6.18 Å². The second-order valence-corrected chi connectivity index (χ2v) is 3.77. The third-order valence-corrected chi connectivity index (χ3v) is 2.67. The molecule has 0 radical (unpaired) electrons. The number of benzene rings is 1. The molecular formula is C9H6BrF3N2. The number of halogens is 4. The minimum Gasteiger partial charge on any atom is -0.267 e. The van der Waals surface area contributed by atoms with Crippen LogP contribution in [0.3, 0.4) is 0 Å². The molecule has 80 valence electrons. The fourth-order valence-corrected chi connectivity index (χ4v) is 1.76. The summed E-state index contributed by atoms with van der Waals surface area (Å²) in [6.45, 7) is -2.76. The molecular weight excluding hydrogens is 273 g/mol. The van der Waals surface area contributed by atoms with Crippen molar-refractivity contribution < 1.29 is 17.3 Å². The van der Waals surface area contributed by atoms with Crippen molar-refractivity contribution in [2.75, 3.05) is 0 Å². The zero-order valence-electron chi connectivity index (χ0n) is 10.1. The van der Waals surface area contributed by atoms with Crippen LogP contribution in [-0.2, 0) is 13.2 Å². The lowest BCUT2D eigenvalue weighted by Crippen LogP contribution is -2.07. The first-order chi connectivity index (χ1) is 8.12. The smallest absolute Gasteiger partial charge is 0.267 e. The predicted octanol–water partition coefficient (Wildman–Crippen LogP) is 3.35. The van der Waals surface area contributed by atoms with E-state index in [0.717, 1.165) is 12.3 Å². The highest BCUT2D eigenvalue weighted by molar-refractivity contribution is 9.10. The molecule has 0 aliphatic carbocycles. The van der Waals surface area contributed by atoms with E-state index in [0.29, 0.717) is 9.15 Å². The highest BCUT2D eigenvalue weighted by atomic mass is 79.9. The summed E-state index contributed by atoms with van der Waals surface area (Å²) in [7, 11) is 0. The number of nitrogens with zero attached hydrogens (tertiary/aromatic N) is 2. The Kier molecular flexibility index (Phi) is 1.56. The number of rotatable bonds is 0. The average Bonchev–Trinajstić information content (AvgIpc) is 2.60. The lowest BCUT2D eigenvalue weighted by molar-refractivity contribution is -0.136. The maximum Gasteiger partial charge on any atom is 0.418 e. The number of hydrogen-bond donors (Lipinski definition) is 0. The van der Waals surface area contributed by atoms with Crippen LogP contribution in [0.5, 0.6) is 0 Å². The molecule has 2 nitrogen and oxygen atoms in total. The molecule has 15 heavy (non-hydrogen) atoms. The van der Waals surface area contributed by atoms with Crippen molar-refractivity contribution in [3.05, 3.63) is 28.4 Å². The van der Waals surface area contributed by atoms with Gasteiger partial charge in [-0.1, -0.05) is 15.9 Å². The summed E-state index contributed by atoms with van der Waals surface area (Å²) in [4.78, 5) is 0. The quantitative estimate of drug-likeness (QED) is 0.724. The van der Waals surface area contributed by atoms with Crippen molar-refractivity contribution in [2.24, 2.45) is 6.98 Å². The molecule has 0 fully saturated rings. The number of alkyl halides is 3. The van der Waals surface area contributed by atoms with Crippen molar-refractivity contribution >= 4 is 26.8 Å². The highest BCUT2D eigenvalue weighted by Gasteiger charge is 2.34. The van der Waals surface area contributed by atoms with Gasteiger partial charge in [0.05, 0.1) is 17.3 Å². The second kappa shape index (κ2) is 3.23. The van der Waals surface area contributed by atoms with Crippen molar-refractivity contribution in [1.29, 1.82) is 0 Å². The molecule has 1 heterocycles. The van der Waals surface area contributed by atoms with Gasteiger partial charge in [0, 0.05) is 20.9 Å². The Labute approximate surface area is 96.0 Å². The highest BCUT2D eigenvalue weighted by Crippen LogP contribution is 2.36. The molecule has 0 N–H and O–H groups in total. The first-order valence-electron chi connectivity index (χ1n) is 5.36. The van der Waals surface area contributed by atoms with Gasteiger partial charge in [-0.25, -0.2) is 0 Å². The van der Waals surface area contributed by atoms with Gasteiger partial charge in [0.2, 0.25) is 0 Å². The zero-order valence-corrected chi connectivity index (χ0v) is 8.72. The fraction of sp³-hybridized carbons (Fsp3) is 0.222. The van der Waals surface area contributed by atoms with Crippen LogP contribution in [0.25, 0.3) is 10.9 Å². The minimum atomic E-state index is -4.64.